The quantitative estimate of drug-likeness (QED) is 0.619. The summed E-state index contributed by atoms with van der Waals surface area (Å²) in [5.74, 6) is 1.44. The molecule has 0 atom stereocenters. The van der Waals surface area contributed by atoms with Gasteiger partial charge in [-0.25, -0.2) is 4.98 Å². The third kappa shape index (κ3) is 5.00. The van der Waals surface area contributed by atoms with Crippen LogP contribution in [0.1, 0.15) is 24.8 Å². The standard InChI is InChI=1S/C23H27N5/c1-3-7-19(8-4-1)13-15-24-23-25-16-14-22(27-23)26-20-9-11-21(12-10-20)28-17-5-2-6-18-28/h1,3-4,7-12,14,16H,2,5-6,13,15,17-18H2,(H2,24,25,26,27). The second-order valence-electron chi connectivity index (χ2n) is 7.15. The molecule has 0 amide bonds. The highest BCUT2D eigenvalue weighted by molar-refractivity contribution is 5.61. The first-order valence-electron chi connectivity index (χ1n) is 10.1. The Labute approximate surface area is 166 Å². The second kappa shape index (κ2) is 9.22. The molecule has 5 nitrogen and oxygen atoms in total. The predicted molar refractivity (Wildman–Crippen MR) is 116 cm³/mol. The maximum Gasteiger partial charge on any atom is 0.224 e. The van der Waals surface area contributed by atoms with Crippen LogP contribution in [0.25, 0.3) is 0 Å². The summed E-state index contributed by atoms with van der Waals surface area (Å²) < 4.78 is 0. The third-order valence-corrected chi connectivity index (χ3v) is 5.06. The van der Waals surface area contributed by atoms with E-state index >= 15 is 0 Å². The third-order valence-electron chi connectivity index (χ3n) is 5.06. The Morgan fingerprint density at radius 2 is 1.64 bits per heavy atom. The van der Waals surface area contributed by atoms with Gasteiger partial charge in [-0.2, -0.15) is 4.98 Å². The van der Waals surface area contributed by atoms with Gasteiger partial charge in [0, 0.05) is 37.2 Å². The minimum absolute atomic E-state index is 0.644. The number of hydrogen-bond acceptors (Lipinski definition) is 5. The molecule has 2 aromatic carbocycles. The molecule has 0 spiro atoms. The molecule has 1 aromatic heterocycles. The van der Waals surface area contributed by atoms with Crippen molar-refractivity contribution in [2.24, 2.45) is 0 Å². The molecule has 5 heteroatoms. The lowest BCUT2D eigenvalue weighted by Crippen LogP contribution is -2.29. The molecule has 2 heterocycles. The molecule has 4 rings (SSSR count). The molecule has 0 saturated carbocycles. The van der Waals surface area contributed by atoms with Crippen LogP contribution >= 0.6 is 0 Å². The Kier molecular flexibility index (Phi) is 6.02. The zero-order chi connectivity index (χ0) is 19.0. The van der Waals surface area contributed by atoms with Gasteiger partial charge < -0.3 is 15.5 Å². The van der Waals surface area contributed by atoms with Gasteiger partial charge in [-0.15, -0.1) is 0 Å². The van der Waals surface area contributed by atoms with E-state index in [-0.39, 0.29) is 0 Å². The Balaban J connectivity index is 1.32. The number of piperidine rings is 1. The molecule has 1 aliphatic rings. The van der Waals surface area contributed by atoms with Crippen LogP contribution < -0.4 is 15.5 Å². The van der Waals surface area contributed by atoms with E-state index in [0.717, 1.165) is 37.6 Å². The van der Waals surface area contributed by atoms with Crippen molar-refractivity contribution in [2.45, 2.75) is 25.7 Å². The summed E-state index contributed by atoms with van der Waals surface area (Å²) in [5, 5.41) is 6.68. The molecule has 1 saturated heterocycles. The molecule has 0 unspecified atom stereocenters. The lowest BCUT2D eigenvalue weighted by molar-refractivity contribution is 0.578. The maximum absolute atomic E-state index is 4.57. The summed E-state index contributed by atoms with van der Waals surface area (Å²) >= 11 is 0. The van der Waals surface area contributed by atoms with Crippen LogP contribution in [0.15, 0.2) is 66.9 Å². The monoisotopic (exact) mass is 373 g/mol. The van der Waals surface area contributed by atoms with Crippen molar-refractivity contribution in [1.82, 2.24) is 9.97 Å². The molecular formula is C23H27N5. The van der Waals surface area contributed by atoms with Crippen LogP contribution in [0.4, 0.5) is 23.1 Å². The summed E-state index contributed by atoms with van der Waals surface area (Å²) in [6.07, 6.45) is 6.66. The van der Waals surface area contributed by atoms with Crippen molar-refractivity contribution in [2.75, 3.05) is 35.2 Å². The number of nitrogens with one attached hydrogen (secondary N) is 2. The van der Waals surface area contributed by atoms with Crippen molar-refractivity contribution < 1.29 is 0 Å². The van der Waals surface area contributed by atoms with Crippen LogP contribution in [0.3, 0.4) is 0 Å². The number of hydrogen-bond donors (Lipinski definition) is 2. The molecule has 0 bridgehead atoms. The van der Waals surface area contributed by atoms with Gasteiger partial charge >= 0.3 is 0 Å². The van der Waals surface area contributed by atoms with Crippen molar-refractivity contribution in [3.63, 3.8) is 0 Å². The summed E-state index contributed by atoms with van der Waals surface area (Å²) in [4.78, 5) is 11.4. The minimum Gasteiger partial charge on any atom is -0.372 e. The van der Waals surface area contributed by atoms with Crippen molar-refractivity contribution >= 4 is 23.1 Å². The van der Waals surface area contributed by atoms with E-state index in [1.54, 1.807) is 6.20 Å². The smallest absolute Gasteiger partial charge is 0.224 e. The van der Waals surface area contributed by atoms with Crippen LogP contribution in [0.5, 0.6) is 0 Å². The van der Waals surface area contributed by atoms with Gasteiger partial charge in [0.2, 0.25) is 5.95 Å². The molecular weight excluding hydrogens is 346 g/mol. The van der Waals surface area contributed by atoms with Crippen molar-refractivity contribution in [3.05, 3.63) is 72.4 Å². The SMILES string of the molecule is c1ccc(CCNc2nccc(Nc3ccc(N4CCCCC4)cc3)n2)cc1. The van der Waals surface area contributed by atoms with E-state index in [0.29, 0.717) is 5.95 Å². The average molecular weight is 374 g/mol. The molecule has 1 fully saturated rings. The maximum atomic E-state index is 4.57. The van der Waals surface area contributed by atoms with Gasteiger partial charge in [0.15, 0.2) is 0 Å². The lowest BCUT2D eigenvalue weighted by atomic mass is 10.1. The fourth-order valence-corrected chi connectivity index (χ4v) is 3.53. The van der Waals surface area contributed by atoms with E-state index in [9.17, 15) is 0 Å². The molecule has 1 aliphatic heterocycles. The second-order valence-corrected chi connectivity index (χ2v) is 7.15. The summed E-state index contributed by atoms with van der Waals surface area (Å²) in [6, 6.07) is 20.9. The van der Waals surface area contributed by atoms with Gasteiger partial charge in [-0.05, 0) is 61.6 Å². The highest BCUT2D eigenvalue weighted by Crippen LogP contribution is 2.23. The zero-order valence-electron chi connectivity index (χ0n) is 16.1. The number of nitrogens with zero attached hydrogens (tertiary/aromatic N) is 3. The molecule has 0 radical (unpaired) electrons. The summed E-state index contributed by atoms with van der Waals surface area (Å²) in [6.45, 7) is 3.13. The van der Waals surface area contributed by atoms with Crippen LogP contribution in [-0.2, 0) is 6.42 Å². The first kappa shape index (κ1) is 18.3. The average Bonchev–Trinajstić information content (AvgIpc) is 2.76. The summed E-state index contributed by atoms with van der Waals surface area (Å²) in [7, 11) is 0. The van der Waals surface area contributed by atoms with Crippen molar-refractivity contribution in [1.29, 1.82) is 0 Å². The van der Waals surface area contributed by atoms with E-state index < -0.39 is 0 Å². The first-order valence-corrected chi connectivity index (χ1v) is 10.1. The Morgan fingerprint density at radius 1 is 0.857 bits per heavy atom. The predicted octanol–water partition coefficient (Wildman–Crippen LogP) is 4.87. The lowest BCUT2D eigenvalue weighted by Gasteiger charge is -2.28. The van der Waals surface area contributed by atoms with E-state index in [4.69, 9.17) is 0 Å². The summed E-state index contributed by atoms with van der Waals surface area (Å²) in [5.41, 5.74) is 3.64. The van der Waals surface area contributed by atoms with E-state index in [1.807, 2.05) is 12.1 Å². The Hall–Kier alpha value is -3.08. The fourth-order valence-electron chi connectivity index (χ4n) is 3.53. The van der Waals surface area contributed by atoms with Gasteiger partial charge in [0.05, 0.1) is 0 Å². The Bertz CT molecular complexity index is 858. The van der Waals surface area contributed by atoms with Gasteiger partial charge in [0.25, 0.3) is 0 Å². The number of aromatic nitrogens is 2. The van der Waals surface area contributed by atoms with E-state index in [1.165, 1.54) is 30.5 Å². The van der Waals surface area contributed by atoms with E-state index in [2.05, 4.69) is 74.0 Å². The zero-order valence-corrected chi connectivity index (χ0v) is 16.1. The molecule has 2 N–H and O–H groups in total. The van der Waals surface area contributed by atoms with Crippen LogP contribution in [0.2, 0.25) is 0 Å². The molecule has 0 aliphatic carbocycles. The number of rotatable bonds is 7. The molecule has 3 aromatic rings. The van der Waals surface area contributed by atoms with Crippen LogP contribution in [0, 0.1) is 0 Å². The first-order chi connectivity index (χ1) is 13.9. The van der Waals surface area contributed by atoms with Gasteiger partial charge in [-0.1, -0.05) is 30.3 Å². The normalized spacial score (nSPS) is 13.9. The topological polar surface area (TPSA) is 53.1 Å². The molecule has 28 heavy (non-hydrogen) atoms. The minimum atomic E-state index is 0.644. The fraction of sp³-hybridized carbons (Fsp3) is 0.304. The highest BCUT2D eigenvalue weighted by atomic mass is 15.1. The highest BCUT2D eigenvalue weighted by Gasteiger charge is 2.10. The largest absolute Gasteiger partial charge is 0.372 e. The number of anilines is 4. The van der Waals surface area contributed by atoms with Crippen molar-refractivity contribution in [3.8, 4) is 0 Å². The molecule has 144 valence electrons. The Morgan fingerprint density at radius 3 is 2.43 bits per heavy atom. The van der Waals surface area contributed by atoms with Gasteiger partial charge in [-0.3, -0.25) is 0 Å². The van der Waals surface area contributed by atoms with Gasteiger partial charge in [0.1, 0.15) is 5.82 Å². The number of benzene rings is 2. The van der Waals surface area contributed by atoms with Crippen LogP contribution in [-0.4, -0.2) is 29.6 Å².